The van der Waals surface area contributed by atoms with E-state index in [-0.39, 0.29) is 17.8 Å². The third-order valence-electron chi connectivity index (χ3n) is 2.42. The highest BCUT2D eigenvalue weighted by Crippen LogP contribution is 2.23. The van der Waals surface area contributed by atoms with Crippen LogP contribution in [0.25, 0.3) is 0 Å². The van der Waals surface area contributed by atoms with E-state index in [1.54, 1.807) is 14.0 Å². The highest BCUT2D eigenvalue weighted by Gasteiger charge is 2.22. The summed E-state index contributed by atoms with van der Waals surface area (Å²) in [6.07, 6.45) is -1.12. The number of pyridine rings is 1. The lowest BCUT2D eigenvalue weighted by atomic mass is 10.0. The molecule has 1 heterocycles. The minimum Gasteiger partial charge on any atom is -0.389 e. The Balaban J connectivity index is 3.03. The first kappa shape index (κ1) is 13.5. The monoisotopic (exact) mass is 241 g/mol. The molecule has 1 aromatic heterocycles. The molecule has 2 unspecified atom stereocenters. The van der Waals surface area contributed by atoms with Crippen molar-refractivity contribution in [1.29, 1.82) is 0 Å². The topological polar surface area (TPSA) is 109 Å². The number of aromatic nitrogens is 1. The van der Waals surface area contributed by atoms with Gasteiger partial charge in [0.1, 0.15) is 12.3 Å². The van der Waals surface area contributed by atoms with Gasteiger partial charge in [0.2, 0.25) is 0 Å². The van der Waals surface area contributed by atoms with E-state index in [0.717, 1.165) is 6.20 Å². The molecule has 2 atom stereocenters. The summed E-state index contributed by atoms with van der Waals surface area (Å²) in [4.78, 5) is 13.8. The molecular weight excluding hydrogens is 226 g/mol. The predicted molar refractivity (Wildman–Crippen MR) is 60.5 cm³/mol. The number of aryl methyl sites for hydroxylation is 1. The van der Waals surface area contributed by atoms with Gasteiger partial charge in [0, 0.05) is 23.9 Å². The number of aliphatic hydroxyl groups excluding tert-OH is 2. The number of hydrogen-bond donors (Lipinski definition) is 3. The maximum Gasteiger partial charge on any atom is 0.287 e. The summed E-state index contributed by atoms with van der Waals surface area (Å²) in [6.45, 7) is 1.80. The number of hydrogen-bond acceptors (Lipinski definition) is 6. The van der Waals surface area contributed by atoms with Crippen LogP contribution in [-0.4, -0.2) is 39.8 Å². The van der Waals surface area contributed by atoms with Crippen molar-refractivity contribution in [2.45, 2.75) is 19.1 Å². The fraction of sp³-hybridized carbons (Fsp3) is 0.500. The zero-order valence-electron chi connectivity index (χ0n) is 9.62. The quantitative estimate of drug-likeness (QED) is 0.491. The SMILES string of the molecule is CNCC(O)C(O)c1cc([N+](=O)[O-])cnc1C. The van der Waals surface area contributed by atoms with Gasteiger partial charge < -0.3 is 15.5 Å². The second kappa shape index (κ2) is 5.67. The summed E-state index contributed by atoms with van der Waals surface area (Å²) in [5.41, 5.74) is 0.515. The smallest absolute Gasteiger partial charge is 0.287 e. The van der Waals surface area contributed by atoms with Gasteiger partial charge in [-0.15, -0.1) is 0 Å². The van der Waals surface area contributed by atoms with Gasteiger partial charge in [0.25, 0.3) is 5.69 Å². The molecule has 7 nitrogen and oxygen atoms in total. The molecule has 0 aliphatic heterocycles. The van der Waals surface area contributed by atoms with Crippen molar-refractivity contribution in [3.8, 4) is 0 Å². The number of nitrogens with one attached hydrogen (secondary N) is 1. The zero-order valence-corrected chi connectivity index (χ0v) is 9.62. The second-order valence-corrected chi connectivity index (χ2v) is 3.70. The van der Waals surface area contributed by atoms with Gasteiger partial charge in [-0.2, -0.15) is 0 Å². The molecule has 94 valence electrons. The van der Waals surface area contributed by atoms with Crippen molar-refractivity contribution in [3.05, 3.63) is 33.6 Å². The zero-order chi connectivity index (χ0) is 13.0. The average Bonchev–Trinajstić information content (AvgIpc) is 2.28. The standard InChI is InChI=1S/C10H15N3O4/c1-6-8(10(15)9(14)5-11-2)3-7(4-12-6)13(16)17/h3-4,9-11,14-15H,5H2,1-2H3. The summed E-state index contributed by atoms with van der Waals surface area (Å²) >= 11 is 0. The molecule has 0 saturated heterocycles. The third kappa shape index (κ3) is 3.19. The maximum absolute atomic E-state index is 10.6. The van der Waals surface area contributed by atoms with Gasteiger partial charge in [0.15, 0.2) is 0 Å². The van der Waals surface area contributed by atoms with E-state index in [9.17, 15) is 20.3 Å². The predicted octanol–water partition coefficient (Wildman–Crippen LogP) is -0.0881. The second-order valence-electron chi connectivity index (χ2n) is 3.70. The number of rotatable bonds is 5. The Bertz CT molecular complexity index is 411. The number of aliphatic hydroxyl groups is 2. The van der Waals surface area contributed by atoms with Crippen LogP contribution in [0.15, 0.2) is 12.3 Å². The van der Waals surface area contributed by atoms with Crippen LogP contribution in [0, 0.1) is 17.0 Å². The lowest BCUT2D eigenvalue weighted by Gasteiger charge is -2.18. The molecule has 0 fully saturated rings. The van der Waals surface area contributed by atoms with Crippen molar-refractivity contribution in [1.82, 2.24) is 10.3 Å². The molecule has 0 aliphatic rings. The largest absolute Gasteiger partial charge is 0.389 e. The molecule has 1 rings (SSSR count). The van der Waals surface area contributed by atoms with E-state index < -0.39 is 17.1 Å². The van der Waals surface area contributed by atoms with Crippen molar-refractivity contribution < 1.29 is 15.1 Å². The molecule has 0 aromatic carbocycles. The third-order valence-corrected chi connectivity index (χ3v) is 2.42. The Morgan fingerprint density at radius 3 is 2.76 bits per heavy atom. The van der Waals surface area contributed by atoms with E-state index in [4.69, 9.17) is 0 Å². The van der Waals surface area contributed by atoms with Crippen LogP contribution in [0.2, 0.25) is 0 Å². The molecule has 7 heteroatoms. The van der Waals surface area contributed by atoms with Crippen LogP contribution in [0.5, 0.6) is 0 Å². The van der Waals surface area contributed by atoms with E-state index in [1.807, 2.05) is 0 Å². The molecule has 17 heavy (non-hydrogen) atoms. The highest BCUT2D eigenvalue weighted by molar-refractivity contribution is 5.35. The minimum atomic E-state index is -1.20. The first-order valence-electron chi connectivity index (χ1n) is 5.09. The number of nitro groups is 1. The van der Waals surface area contributed by atoms with Crippen LogP contribution in [-0.2, 0) is 0 Å². The maximum atomic E-state index is 10.6. The van der Waals surface area contributed by atoms with E-state index in [0.29, 0.717) is 5.69 Å². The van der Waals surface area contributed by atoms with Crippen LogP contribution < -0.4 is 5.32 Å². The highest BCUT2D eigenvalue weighted by atomic mass is 16.6. The first-order valence-corrected chi connectivity index (χ1v) is 5.09. The molecule has 3 N–H and O–H groups in total. The van der Waals surface area contributed by atoms with Gasteiger partial charge in [-0.3, -0.25) is 15.1 Å². The molecule has 0 bridgehead atoms. The Morgan fingerprint density at radius 1 is 1.59 bits per heavy atom. The Hall–Kier alpha value is -1.57. The van der Waals surface area contributed by atoms with Crippen LogP contribution in [0.3, 0.4) is 0 Å². The van der Waals surface area contributed by atoms with Crippen molar-refractivity contribution in [2.75, 3.05) is 13.6 Å². The Morgan fingerprint density at radius 2 is 2.24 bits per heavy atom. The van der Waals surface area contributed by atoms with Gasteiger partial charge in [-0.1, -0.05) is 0 Å². The summed E-state index contributed by atoms with van der Waals surface area (Å²) in [6, 6.07) is 1.23. The molecule has 1 aromatic rings. The summed E-state index contributed by atoms with van der Waals surface area (Å²) < 4.78 is 0. The van der Waals surface area contributed by atoms with E-state index in [1.165, 1.54) is 6.07 Å². The molecule has 0 aliphatic carbocycles. The molecule has 0 spiro atoms. The molecule has 0 amide bonds. The average molecular weight is 241 g/mol. The first-order chi connectivity index (χ1) is 7.97. The molecule has 0 radical (unpaired) electrons. The summed E-state index contributed by atoms with van der Waals surface area (Å²) in [5, 5.41) is 32.8. The van der Waals surface area contributed by atoms with Gasteiger partial charge in [-0.25, -0.2) is 0 Å². The molecular formula is C10H15N3O4. The van der Waals surface area contributed by atoms with Crippen LogP contribution in [0.1, 0.15) is 17.4 Å². The Kier molecular flexibility index (Phi) is 4.50. The minimum absolute atomic E-state index is 0.184. The Labute approximate surface area is 98.3 Å². The number of likely N-dealkylation sites (N-methyl/N-ethyl adjacent to an activating group) is 1. The summed E-state index contributed by atoms with van der Waals surface area (Å²) in [5.74, 6) is 0. The number of nitrogens with zero attached hydrogens (tertiary/aromatic N) is 2. The van der Waals surface area contributed by atoms with Crippen molar-refractivity contribution in [2.24, 2.45) is 0 Å². The lowest BCUT2D eigenvalue weighted by molar-refractivity contribution is -0.385. The summed E-state index contributed by atoms with van der Waals surface area (Å²) in [7, 11) is 1.63. The van der Waals surface area contributed by atoms with E-state index in [2.05, 4.69) is 10.3 Å². The fourth-order valence-corrected chi connectivity index (χ4v) is 1.47. The van der Waals surface area contributed by atoms with E-state index >= 15 is 0 Å². The van der Waals surface area contributed by atoms with Crippen LogP contribution >= 0.6 is 0 Å². The van der Waals surface area contributed by atoms with Gasteiger partial charge in [0.05, 0.1) is 11.0 Å². The fourth-order valence-electron chi connectivity index (χ4n) is 1.47. The normalized spacial score (nSPS) is 14.4. The van der Waals surface area contributed by atoms with Gasteiger partial charge in [-0.05, 0) is 14.0 Å². The van der Waals surface area contributed by atoms with Crippen molar-refractivity contribution in [3.63, 3.8) is 0 Å². The van der Waals surface area contributed by atoms with Gasteiger partial charge >= 0.3 is 0 Å². The van der Waals surface area contributed by atoms with Crippen molar-refractivity contribution >= 4 is 5.69 Å². The lowest BCUT2D eigenvalue weighted by Crippen LogP contribution is -2.30. The molecule has 0 saturated carbocycles. The van der Waals surface area contributed by atoms with Crippen LogP contribution in [0.4, 0.5) is 5.69 Å².